The minimum Gasteiger partial charge on any atom is -0.306 e. The number of nitrogens with zero attached hydrogens (tertiary/aromatic N) is 5. The molecule has 0 aromatic carbocycles. The Bertz CT molecular complexity index is 550. The van der Waals surface area contributed by atoms with Crippen LogP contribution in [0.25, 0.3) is 5.82 Å². The molecule has 6 nitrogen and oxygen atoms in total. The molecule has 0 unspecified atom stereocenters. The van der Waals surface area contributed by atoms with Gasteiger partial charge in [0.1, 0.15) is 11.6 Å². The Labute approximate surface area is 113 Å². The number of aryl methyl sites for hydroxylation is 2. The summed E-state index contributed by atoms with van der Waals surface area (Å²) < 4.78 is 1.70. The van der Waals surface area contributed by atoms with E-state index in [0.29, 0.717) is 12.4 Å². The van der Waals surface area contributed by atoms with Crippen molar-refractivity contribution in [2.75, 3.05) is 0 Å². The number of aromatic nitrogens is 5. The van der Waals surface area contributed by atoms with Gasteiger partial charge < -0.3 is 5.32 Å². The number of hydrogen-bond donors (Lipinski definition) is 1. The molecular weight excluding hydrogens is 240 g/mol. The van der Waals surface area contributed by atoms with E-state index in [9.17, 15) is 0 Å². The van der Waals surface area contributed by atoms with E-state index in [-0.39, 0.29) is 5.54 Å². The lowest BCUT2D eigenvalue weighted by Crippen LogP contribution is -2.35. The van der Waals surface area contributed by atoms with Crippen LogP contribution in [0.1, 0.15) is 38.1 Å². The Morgan fingerprint density at radius 3 is 2.37 bits per heavy atom. The van der Waals surface area contributed by atoms with E-state index >= 15 is 0 Å². The van der Waals surface area contributed by atoms with Crippen molar-refractivity contribution < 1.29 is 0 Å². The van der Waals surface area contributed by atoms with E-state index in [2.05, 4.69) is 46.4 Å². The fourth-order valence-electron chi connectivity index (χ4n) is 1.65. The van der Waals surface area contributed by atoms with Gasteiger partial charge in [-0.15, -0.1) is 10.2 Å². The number of rotatable bonds is 3. The highest BCUT2D eigenvalue weighted by Crippen LogP contribution is 2.07. The quantitative estimate of drug-likeness (QED) is 0.907. The van der Waals surface area contributed by atoms with Crippen molar-refractivity contribution in [3.05, 3.63) is 29.5 Å². The summed E-state index contributed by atoms with van der Waals surface area (Å²) in [5.41, 5.74) is 0.980. The first-order valence-electron chi connectivity index (χ1n) is 6.33. The summed E-state index contributed by atoms with van der Waals surface area (Å²) in [6.45, 7) is 10.8. The molecule has 19 heavy (non-hydrogen) atoms. The van der Waals surface area contributed by atoms with Gasteiger partial charge in [-0.05, 0) is 46.8 Å². The maximum atomic E-state index is 4.28. The molecule has 2 aromatic rings. The van der Waals surface area contributed by atoms with Gasteiger partial charge in [-0.2, -0.15) is 9.78 Å². The average Bonchev–Trinajstić information content (AvgIpc) is 2.66. The fourth-order valence-corrected chi connectivity index (χ4v) is 1.65. The van der Waals surface area contributed by atoms with Crippen LogP contribution in [0.2, 0.25) is 0 Å². The Balaban J connectivity index is 2.12. The van der Waals surface area contributed by atoms with Crippen LogP contribution in [0, 0.1) is 13.8 Å². The smallest absolute Gasteiger partial charge is 0.177 e. The van der Waals surface area contributed by atoms with Crippen molar-refractivity contribution >= 4 is 0 Å². The molecule has 0 spiro atoms. The van der Waals surface area contributed by atoms with Gasteiger partial charge in [-0.1, -0.05) is 0 Å². The molecule has 0 aliphatic carbocycles. The minimum absolute atomic E-state index is 0.0694. The number of hydrogen-bond acceptors (Lipinski definition) is 5. The third-order valence-corrected chi connectivity index (χ3v) is 2.60. The Morgan fingerprint density at radius 1 is 1.16 bits per heavy atom. The first-order valence-corrected chi connectivity index (χ1v) is 6.33. The summed E-state index contributed by atoms with van der Waals surface area (Å²) in [6, 6.07) is 3.87. The van der Waals surface area contributed by atoms with Crippen LogP contribution < -0.4 is 5.32 Å². The van der Waals surface area contributed by atoms with Gasteiger partial charge in [-0.3, -0.25) is 0 Å². The highest BCUT2D eigenvalue weighted by Gasteiger charge is 2.10. The topological polar surface area (TPSA) is 68.5 Å². The highest BCUT2D eigenvalue weighted by atomic mass is 15.4. The second-order valence-corrected chi connectivity index (χ2v) is 5.60. The predicted molar refractivity (Wildman–Crippen MR) is 73.0 cm³/mol. The van der Waals surface area contributed by atoms with Crippen LogP contribution in [0.15, 0.2) is 12.1 Å². The Morgan fingerprint density at radius 2 is 1.89 bits per heavy atom. The molecule has 0 aliphatic rings. The predicted octanol–water partition coefficient (Wildman–Crippen LogP) is 1.56. The van der Waals surface area contributed by atoms with Gasteiger partial charge in [0.25, 0.3) is 0 Å². The molecule has 2 heterocycles. The molecule has 102 valence electrons. The van der Waals surface area contributed by atoms with Gasteiger partial charge in [-0.25, -0.2) is 4.98 Å². The van der Waals surface area contributed by atoms with E-state index < -0.39 is 0 Å². The van der Waals surface area contributed by atoms with Gasteiger partial charge in [0, 0.05) is 12.1 Å². The van der Waals surface area contributed by atoms with Crippen molar-refractivity contribution in [3.63, 3.8) is 0 Å². The molecule has 1 N–H and O–H groups in total. The van der Waals surface area contributed by atoms with Gasteiger partial charge in [0.05, 0.1) is 5.69 Å². The lowest BCUT2D eigenvalue weighted by Gasteiger charge is -2.19. The molecule has 0 atom stereocenters. The maximum absolute atomic E-state index is 4.28. The molecular formula is C13H20N6. The molecule has 6 heteroatoms. The molecule has 0 fully saturated rings. The van der Waals surface area contributed by atoms with Crippen LogP contribution in [0.5, 0.6) is 0 Å². The Hall–Kier alpha value is -1.82. The third kappa shape index (κ3) is 3.57. The van der Waals surface area contributed by atoms with E-state index in [1.165, 1.54) is 0 Å². The monoisotopic (exact) mass is 260 g/mol. The summed E-state index contributed by atoms with van der Waals surface area (Å²) in [5, 5.41) is 16.1. The average molecular weight is 260 g/mol. The van der Waals surface area contributed by atoms with Crippen molar-refractivity contribution in [3.8, 4) is 5.82 Å². The van der Waals surface area contributed by atoms with E-state index in [1.807, 2.05) is 26.0 Å². The molecule has 2 aromatic heterocycles. The summed E-state index contributed by atoms with van der Waals surface area (Å²) in [5.74, 6) is 2.24. The molecule has 0 radical (unpaired) electrons. The molecule has 0 aliphatic heterocycles. The highest BCUT2D eigenvalue weighted by molar-refractivity contribution is 5.21. The third-order valence-electron chi connectivity index (χ3n) is 2.60. The normalized spacial score (nSPS) is 11.8. The zero-order valence-corrected chi connectivity index (χ0v) is 12.1. The van der Waals surface area contributed by atoms with E-state index in [1.54, 1.807) is 4.68 Å². The van der Waals surface area contributed by atoms with Crippen LogP contribution in [0.3, 0.4) is 0 Å². The van der Waals surface area contributed by atoms with Crippen molar-refractivity contribution in [1.82, 2.24) is 30.3 Å². The van der Waals surface area contributed by atoms with E-state index in [0.717, 1.165) is 17.3 Å². The second kappa shape index (κ2) is 5.05. The first-order chi connectivity index (χ1) is 8.85. The lowest BCUT2D eigenvalue weighted by atomic mass is 10.1. The largest absolute Gasteiger partial charge is 0.306 e. The SMILES string of the molecule is Cc1nc(C)n(-c2ccc(CNC(C)(C)C)nn2)n1. The fraction of sp³-hybridized carbons (Fsp3) is 0.538. The Kier molecular flexibility index (Phi) is 3.61. The zero-order valence-electron chi connectivity index (χ0n) is 12.1. The summed E-state index contributed by atoms with van der Waals surface area (Å²) in [6.07, 6.45) is 0. The first kappa shape index (κ1) is 13.6. The minimum atomic E-state index is 0.0694. The molecule has 0 amide bonds. The van der Waals surface area contributed by atoms with Gasteiger partial charge >= 0.3 is 0 Å². The standard InChI is InChI=1S/C13H20N6/c1-9-15-10(2)19(18-9)12-7-6-11(16-17-12)8-14-13(3,4)5/h6-7,14H,8H2,1-5H3. The maximum Gasteiger partial charge on any atom is 0.177 e. The van der Waals surface area contributed by atoms with Crippen LogP contribution >= 0.6 is 0 Å². The second-order valence-electron chi connectivity index (χ2n) is 5.60. The van der Waals surface area contributed by atoms with Crippen LogP contribution in [0.4, 0.5) is 0 Å². The summed E-state index contributed by atoms with van der Waals surface area (Å²) in [7, 11) is 0. The van der Waals surface area contributed by atoms with Crippen LogP contribution in [-0.4, -0.2) is 30.5 Å². The summed E-state index contributed by atoms with van der Waals surface area (Å²) >= 11 is 0. The van der Waals surface area contributed by atoms with Crippen molar-refractivity contribution in [2.24, 2.45) is 0 Å². The molecule has 0 saturated carbocycles. The molecule has 2 rings (SSSR count). The van der Waals surface area contributed by atoms with E-state index in [4.69, 9.17) is 0 Å². The lowest BCUT2D eigenvalue weighted by molar-refractivity contribution is 0.420. The van der Waals surface area contributed by atoms with Crippen molar-refractivity contribution in [2.45, 2.75) is 46.7 Å². The van der Waals surface area contributed by atoms with Gasteiger partial charge in [0.15, 0.2) is 5.82 Å². The van der Waals surface area contributed by atoms with Gasteiger partial charge in [0.2, 0.25) is 0 Å². The summed E-state index contributed by atoms with van der Waals surface area (Å²) in [4.78, 5) is 4.25. The van der Waals surface area contributed by atoms with Crippen LogP contribution in [-0.2, 0) is 6.54 Å². The zero-order chi connectivity index (χ0) is 14.0. The van der Waals surface area contributed by atoms with Crippen molar-refractivity contribution in [1.29, 1.82) is 0 Å². The number of nitrogens with one attached hydrogen (secondary N) is 1. The molecule has 0 saturated heterocycles. The molecule has 0 bridgehead atoms.